The number of hydrogen-bond donors (Lipinski definition) is 1. The van der Waals surface area contributed by atoms with E-state index in [1.165, 1.54) is 37.7 Å². The second-order valence-electron chi connectivity index (χ2n) is 5.64. The first-order valence-corrected chi connectivity index (χ1v) is 8.94. The van der Waals surface area contributed by atoms with Crippen LogP contribution in [0.1, 0.15) is 41.5 Å². The van der Waals surface area contributed by atoms with Gasteiger partial charge in [-0.1, -0.05) is 12.1 Å². The number of methoxy groups -OCH3 is 2. The number of esters is 3. The summed E-state index contributed by atoms with van der Waals surface area (Å²) in [7, 11) is 2.45. The summed E-state index contributed by atoms with van der Waals surface area (Å²) in [6.45, 7) is 2.97. The standard InChI is InChI=1S/C19H19NO7S/c1-10-11(2)28-16(15(10)19(24)26-4)20-14(21)9-27-18(23)13-8-6-5-7-12(13)17(22)25-3/h5-8H,9H2,1-4H3,(H,20,21). The van der Waals surface area contributed by atoms with Crippen molar-refractivity contribution < 1.29 is 33.4 Å². The van der Waals surface area contributed by atoms with Crippen molar-refractivity contribution in [2.24, 2.45) is 0 Å². The third-order valence-corrected chi connectivity index (χ3v) is 5.04. The van der Waals surface area contributed by atoms with Crippen LogP contribution in [0.5, 0.6) is 0 Å². The maximum atomic E-state index is 12.2. The monoisotopic (exact) mass is 405 g/mol. The second kappa shape index (κ2) is 9.14. The molecule has 0 fully saturated rings. The summed E-state index contributed by atoms with van der Waals surface area (Å²) in [5.74, 6) is -2.73. The molecule has 0 bridgehead atoms. The largest absolute Gasteiger partial charge is 0.465 e. The van der Waals surface area contributed by atoms with E-state index in [-0.39, 0.29) is 16.7 Å². The van der Waals surface area contributed by atoms with Crippen LogP contribution in [-0.4, -0.2) is 44.6 Å². The van der Waals surface area contributed by atoms with Crippen LogP contribution >= 0.6 is 11.3 Å². The second-order valence-corrected chi connectivity index (χ2v) is 6.87. The molecule has 1 amide bonds. The Bertz CT molecular complexity index is 932. The Morgan fingerprint density at radius 2 is 1.50 bits per heavy atom. The van der Waals surface area contributed by atoms with Gasteiger partial charge in [-0.15, -0.1) is 11.3 Å². The number of thiophene rings is 1. The Labute approximate surface area is 165 Å². The van der Waals surface area contributed by atoms with Crippen molar-refractivity contribution in [3.05, 3.63) is 51.4 Å². The first-order valence-electron chi connectivity index (χ1n) is 8.12. The highest BCUT2D eigenvalue weighted by Gasteiger charge is 2.23. The third-order valence-electron chi connectivity index (χ3n) is 3.91. The van der Waals surface area contributed by atoms with E-state index in [1.54, 1.807) is 19.1 Å². The SMILES string of the molecule is COC(=O)c1ccccc1C(=O)OCC(=O)Nc1sc(C)c(C)c1C(=O)OC. The molecule has 1 aromatic heterocycles. The van der Waals surface area contributed by atoms with Crippen molar-refractivity contribution in [3.63, 3.8) is 0 Å². The molecule has 0 aliphatic carbocycles. The Hall–Kier alpha value is -3.20. The molecule has 2 aromatic rings. The lowest BCUT2D eigenvalue weighted by molar-refractivity contribution is -0.119. The summed E-state index contributed by atoms with van der Waals surface area (Å²) in [4.78, 5) is 48.9. The van der Waals surface area contributed by atoms with E-state index in [2.05, 4.69) is 10.1 Å². The summed E-state index contributed by atoms with van der Waals surface area (Å²) in [5.41, 5.74) is 0.991. The average Bonchev–Trinajstić information content (AvgIpc) is 2.98. The topological polar surface area (TPSA) is 108 Å². The van der Waals surface area contributed by atoms with Gasteiger partial charge in [0.2, 0.25) is 0 Å². The van der Waals surface area contributed by atoms with Gasteiger partial charge >= 0.3 is 17.9 Å². The predicted molar refractivity (Wildman–Crippen MR) is 102 cm³/mol. The van der Waals surface area contributed by atoms with Crippen LogP contribution in [0.25, 0.3) is 0 Å². The highest BCUT2D eigenvalue weighted by molar-refractivity contribution is 7.16. The van der Waals surface area contributed by atoms with Gasteiger partial charge in [0.15, 0.2) is 6.61 Å². The lowest BCUT2D eigenvalue weighted by atomic mass is 10.1. The molecule has 8 nitrogen and oxygen atoms in total. The summed E-state index contributed by atoms with van der Waals surface area (Å²) in [5, 5.41) is 2.87. The number of benzene rings is 1. The number of nitrogens with one attached hydrogen (secondary N) is 1. The van der Waals surface area contributed by atoms with Gasteiger partial charge in [-0.05, 0) is 31.5 Å². The maximum Gasteiger partial charge on any atom is 0.341 e. The molecule has 0 radical (unpaired) electrons. The highest BCUT2D eigenvalue weighted by atomic mass is 32.1. The maximum absolute atomic E-state index is 12.2. The van der Waals surface area contributed by atoms with Crippen molar-refractivity contribution in [3.8, 4) is 0 Å². The molecule has 1 aromatic carbocycles. The summed E-state index contributed by atoms with van der Waals surface area (Å²) in [6, 6.07) is 5.95. The first kappa shape index (κ1) is 21.1. The van der Waals surface area contributed by atoms with Crippen LogP contribution in [0.4, 0.5) is 5.00 Å². The Kier molecular flexibility index (Phi) is 6.89. The van der Waals surface area contributed by atoms with Crippen LogP contribution in [0, 0.1) is 13.8 Å². The minimum absolute atomic E-state index is 0.0137. The molecular weight excluding hydrogens is 386 g/mol. The number of carbonyl (C=O) groups is 4. The van der Waals surface area contributed by atoms with Gasteiger partial charge in [-0.2, -0.15) is 0 Å². The molecule has 0 aliphatic rings. The Morgan fingerprint density at radius 3 is 2.07 bits per heavy atom. The van der Waals surface area contributed by atoms with Crippen molar-refractivity contribution in [2.45, 2.75) is 13.8 Å². The minimum Gasteiger partial charge on any atom is -0.465 e. The van der Waals surface area contributed by atoms with Crippen LogP contribution in [0.2, 0.25) is 0 Å². The highest BCUT2D eigenvalue weighted by Crippen LogP contribution is 2.32. The number of ether oxygens (including phenoxy) is 3. The molecule has 1 N–H and O–H groups in total. The lowest BCUT2D eigenvalue weighted by Gasteiger charge is -2.09. The first-order chi connectivity index (χ1) is 13.3. The number of amides is 1. The summed E-state index contributed by atoms with van der Waals surface area (Å²) >= 11 is 1.22. The molecule has 2 rings (SSSR count). The smallest absolute Gasteiger partial charge is 0.341 e. The number of rotatable bonds is 6. The van der Waals surface area contributed by atoms with Gasteiger partial charge in [-0.3, -0.25) is 4.79 Å². The normalized spacial score (nSPS) is 10.1. The zero-order chi connectivity index (χ0) is 20.8. The van der Waals surface area contributed by atoms with Gasteiger partial charge < -0.3 is 19.5 Å². The predicted octanol–water partition coefficient (Wildman–Crippen LogP) is 2.73. The fourth-order valence-corrected chi connectivity index (χ4v) is 3.45. The van der Waals surface area contributed by atoms with Crippen LogP contribution in [0.3, 0.4) is 0 Å². The summed E-state index contributed by atoms with van der Waals surface area (Å²) in [6.07, 6.45) is 0. The van der Waals surface area contributed by atoms with Crippen LogP contribution in [-0.2, 0) is 19.0 Å². The van der Waals surface area contributed by atoms with E-state index >= 15 is 0 Å². The number of hydrogen-bond acceptors (Lipinski definition) is 8. The Balaban J connectivity index is 2.08. The van der Waals surface area contributed by atoms with Crippen molar-refractivity contribution >= 4 is 40.2 Å². The molecule has 0 saturated carbocycles. The van der Waals surface area contributed by atoms with Crippen molar-refractivity contribution in [2.75, 3.05) is 26.1 Å². The fourth-order valence-electron chi connectivity index (χ4n) is 2.38. The molecule has 0 unspecified atom stereocenters. The zero-order valence-corrected chi connectivity index (χ0v) is 16.6. The van der Waals surface area contributed by atoms with Gasteiger partial charge in [0.25, 0.3) is 5.91 Å². The molecule has 0 saturated heterocycles. The molecule has 9 heteroatoms. The fraction of sp³-hybridized carbons (Fsp3) is 0.263. The van der Waals surface area contributed by atoms with E-state index < -0.39 is 30.4 Å². The van der Waals surface area contributed by atoms with Gasteiger partial charge in [0, 0.05) is 4.88 Å². The third kappa shape index (κ3) is 4.55. The number of carbonyl (C=O) groups excluding carboxylic acids is 4. The molecular formula is C19H19NO7S. The number of anilines is 1. The van der Waals surface area contributed by atoms with Crippen LogP contribution < -0.4 is 5.32 Å². The van der Waals surface area contributed by atoms with Crippen molar-refractivity contribution in [1.82, 2.24) is 0 Å². The molecule has 0 spiro atoms. The van der Waals surface area contributed by atoms with Crippen LogP contribution in [0.15, 0.2) is 24.3 Å². The molecule has 28 heavy (non-hydrogen) atoms. The molecule has 1 heterocycles. The van der Waals surface area contributed by atoms with E-state index in [1.807, 2.05) is 6.92 Å². The van der Waals surface area contributed by atoms with Crippen molar-refractivity contribution in [1.29, 1.82) is 0 Å². The van der Waals surface area contributed by atoms with Gasteiger partial charge in [0.1, 0.15) is 5.00 Å². The zero-order valence-electron chi connectivity index (χ0n) is 15.8. The minimum atomic E-state index is -0.845. The quantitative estimate of drug-likeness (QED) is 0.581. The van der Waals surface area contributed by atoms with Gasteiger partial charge in [0.05, 0.1) is 30.9 Å². The average molecular weight is 405 g/mol. The lowest BCUT2D eigenvalue weighted by Crippen LogP contribution is -2.22. The van der Waals surface area contributed by atoms with E-state index in [0.29, 0.717) is 10.6 Å². The number of aryl methyl sites for hydroxylation is 1. The Morgan fingerprint density at radius 1 is 0.929 bits per heavy atom. The summed E-state index contributed by atoms with van der Waals surface area (Å²) < 4.78 is 14.4. The molecule has 148 valence electrons. The van der Waals surface area contributed by atoms with E-state index in [9.17, 15) is 19.2 Å². The van der Waals surface area contributed by atoms with E-state index in [0.717, 1.165) is 4.88 Å². The van der Waals surface area contributed by atoms with E-state index in [4.69, 9.17) is 9.47 Å². The molecule has 0 atom stereocenters. The van der Waals surface area contributed by atoms with Gasteiger partial charge in [-0.25, -0.2) is 14.4 Å². The molecule has 0 aliphatic heterocycles.